The van der Waals surface area contributed by atoms with Crippen LogP contribution in [0.25, 0.3) is 11.1 Å². The zero-order chi connectivity index (χ0) is 26.1. The molecule has 0 unspecified atom stereocenters. The van der Waals surface area contributed by atoms with Crippen LogP contribution in [0.5, 0.6) is 28.7 Å². The zero-order valence-corrected chi connectivity index (χ0v) is 21.2. The molecule has 8 heteroatoms. The number of hydrogen-bond donors (Lipinski definition) is 3. The fourth-order valence-electron chi connectivity index (χ4n) is 5.28. The molecule has 0 fully saturated rings. The van der Waals surface area contributed by atoms with Gasteiger partial charge in [-0.1, -0.05) is 18.2 Å². The first-order chi connectivity index (χ1) is 17.9. The largest absolute Gasteiger partial charge is 0.508 e. The van der Waals surface area contributed by atoms with Gasteiger partial charge in [0.25, 0.3) is 0 Å². The van der Waals surface area contributed by atoms with Crippen molar-refractivity contribution in [2.75, 3.05) is 33.9 Å². The van der Waals surface area contributed by atoms with Crippen LogP contribution in [0.2, 0.25) is 0 Å². The van der Waals surface area contributed by atoms with Gasteiger partial charge in [0, 0.05) is 36.2 Å². The Labute approximate surface area is 215 Å². The van der Waals surface area contributed by atoms with Gasteiger partial charge in [-0.25, -0.2) is 0 Å². The van der Waals surface area contributed by atoms with Crippen LogP contribution in [-0.4, -0.2) is 50.1 Å². The van der Waals surface area contributed by atoms with Gasteiger partial charge in [0.15, 0.2) is 11.5 Å². The maximum absolute atomic E-state index is 11.7. The Hall–Kier alpha value is -3.91. The molecule has 194 valence electrons. The second-order valence-electron chi connectivity index (χ2n) is 9.32. The third-order valence-electron chi connectivity index (χ3n) is 6.99. The first-order valence-electron chi connectivity index (χ1n) is 12.4. The van der Waals surface area contributed by atoms with E-state index in [9.17, 15) is 15.0 Å². The number of esters is 1. The van der Waals surface area contributed by atoms with Crippen molar-refractivity contribution >= 4 is 5.97 Å². The summed E-state index contributed by atoms with van der Waals surface area (Å²) in [5.41, 5.74) is 5.84. The molecule has 0 saturated carbocycles. The molecule has 37 heavy (non-hydrogen) atoms. The van der Waals surface area contributed by atoms with Crippen LogP contribution in [0.15, 0.2) is 42.5 Å². The summed E-state index contributed by atoms with van der Waals surface area (Å²) < 4.78 is 23.5. The Morgan fingerprint density at radius 1 is 1.11 bits per heavy atom. The van der Waals surface area contributed by atoms with E-state index < -0.39 is 6.10 Å². The monoisotopic (exact) mass is 505 g/mol. The highest BCUT2D eigenvalue weighted by molar-refractivity contribution is 5.82. The molecule has 0 spiro atoms. The molecule has 0 radical (unpaired) electrons. The highest BCUT2D eigenvalue weighted by atomic mass is 16.5. The zero-order valence-electron chi connectivity index (χ0n) is 21.2. The summed E-state index contributed by atoms with van der Waals surface area (Å²) in [6.07, 6.45) is 1.03. The quantitative estimate of drug-likeness (QED) is 0.308. The van der Waals surface area contributed by atoms with Crippen molar-refractivity contribution in [1.29, 1.82) is 0 Å². The van der Waals surface area contributed by atoms with Gasteiger partial charge >= 0.3 is 5.97 Å². The first kappa shape index (κ1) is 24.8. The molecule has 3 aromatic carbocycles. The average Bonchev–Trinajstić information content (AvgIpc) is 3.26. The van der Waals surface area contributed by atoms with Crippen molar-refractivity contribution < 1.29 is 34.0 Å². The van der Waals surface area contributed by atoms with Gasteiger partial charge in [0.1, 0.15) is 36.6 Å². The molecular formula is C29H31NO7. The highest BCUT2D eigenvalue weighted by Gasteiger charge is 2.40. The van der Waals surface area contributed by atoms with Gasteiger partial charge < -0.3 is 34.5 Å². The number of nitrogens with one attached hydrogen (secondary N) is 1. The summed E-state index contributed by atoms with van der Waals surface area (Å²) in [4.78, 5) is 11.7. The summed E-state index contributed by atoms with van der Waals surface area (Å²) in [5, 5.41) is 23.5. The fraction of sp³-hybridized carbons (Fsp3) is 0.345. The second-order valence-corrected chi connectivity index (χ2v) is 9.32. The molecule has 3 N–H and O–H groups in total. The van der Waals surface area contributed by atoms with Crippen LogP contribution >= 0.6 is 0 Å². The number of carbonyl (C=O) groups is 1. The molecule has 0 aromatic heterocycles. The molecule has 1 aliphatic carbocycles. The number of ether oxygens (including phenoxy) is 4. The minimum absolute atomic E-state index is 0.0521. The van der Waals surface area contributed by atoms with Crippen molar-refractivity contribution in [1.82, 2.24) is 5.32 Å². The first-order valence-corrected chi connectivity index (χ1v) is 12.4. The Morgan fingerprint density at radius 3 is 2.70 bits per heavy atom. The maximum Gasteiger partial charge on any atom is 0.302 e. The van der Waals surface area contributed by atoms with Crippen LogP contribution in [0.4, 0.5) is 0 Å². The number of rotatable bonds is 8. The van der Waals surface area contributed by atoms with Crippen LogP contribution in [0.3, 0.4) is 0 Å². The lowest BCUT2D eigenvalue weighted by Gasteiger charge is -2.24. The molecule has 0 saturated heterocycles. The van der Waals surface area contributed by atoms with Gasteiger partial charge in [0.2, 0.25) is 0 Å². The Kier molecular flexibility index (Phi) is 6.84. The predicted molar refractivity (Wildman–Crippen MR) is 138 cm³/mol. The lowest BCUT2D eigenvalue weighted by Crippen LogP contribution is -2.18. The molecule has 5 rings (SSSR count). The lowest BCUT2D eigenvalue weighted by molar-refractivity contribution is -0.141. The van der Waals surface area contributed by atoms with Crippen molar-refractivity contribution in [2.45, 2.75) is 31.8 Å². The Morgan fingerprint density at radius 2 is 1.95 bits per heavy atom. The molecule has 1 aliphatic heterocycles. The Bertz CT molecular complexity index is 1320. The van der Waals surface area contributed by atoms with E-state index in [-0.39, 0.29) is 30.0 Å². The van der Waals surface area contributed by atoms with E-state index in [0.717, 1.165) is 52.0 Å². The minimum Gasteiger partial charge on any atom is -0.508 e. The second kappa shape index (κ2) is 10.2. The number of benzene rings is 3. The maximum atomic E-state index is 11.7. The molecule has 2 aliphatic rings. The highest BCUT2D eigenvalue weighted by Crippen LogP contribution is 2.53. The number of aromatic hydroxyl groups is 2. The normalized spacial score (nSPS) is 17.3. The summed E-state index contributed by atoms with van der Waals surface area (Å²) in [6.45, 7) is 2.60. The van der Waals surface area contributed by atoms with Gasteiger partial charge in [-0.05, 0) is 54.8 Å². The van der Waals surface area contributed by atoms with Gasteiger partial charge in [-0.15, -0.1) is 0 Å². The smallest absolute Gasteiger partial charge is 0.302 e. The van der Waals surface area contributed by atoms with E-state index >= 15 is 0 Å². The molecule has 8 nitrogen and oxygen atoms in total. The Balaban J connectivity index is 1.56. The topological polar surface area (TPSA) is 106 Å². The molecule has 2 atom stereocenters. The van der Waals surface area contributed by atoms with Gasteiger partial charge in [0.05, 0.1) is 13.0 Å². The molecule has 3 aromatic rings. The molecule has 1 heterocycles. The summed E-state index contributed by atoms with van der Waals surface area (Å²) in [5.74, 6) is 1.41. The fourth-order valence-corrected chi connectivity index (χ4v) is 5.28. The van der Waals surface area contributed by atoms with E-state index in [1.807, 2.05) is 19.2 Å². The molecular weight excluding hydrogens is 474 g/mol. The number of phenolic OH excluding ortho intramolecular Hbond substituents is 2. The standard InChI is InChI=1S/C29H31NO7/c1-16(31)36-15-23-22-8-7-20-21(6-4-17-12-19(32)14-26(34-3)27(17)20)29(22)37-28(23)18-5-9-24(33)25(13-18)35-11-10-30-2/h5,7-9,12-14,23,28,30,32-33H,4,6,10-11,15H2,1-3H3/t23-,28-/m1/s1. The van der Waals surface area contributed by atoms with Crippen molar-refractivity contribution in [3.63, 3.8) is 0 Å². The molecule has 0 amide bonds. The lowest BCUT2D eigenvalue weighted by atomic mass is 9.82. The van der Waals surface area contributed by atoms with E-state index in [1.165, 1.54) is 6.92 Å². The molecule has 0 bridgehead atoms. The SMILES string of the molecule is CNCCOc1cc([C@H]2Oc3c(ccc4c3CCc3cc(O)cc(OC)c3-4)[C@H]2COC(C)=O)ccc1O. The number of phenols is 2. The van der Waals surface area contributed by atoms with E-state index in [4.69, 9.17) is 18.9 Å². The third-order valence-corrected chi connectivity index (χ3v) is 6.99. The summed E-state index contributed by atoms with van der Waals surface area (Å²) in [7, 11) is 3.43. The predicted octanol–water partition coefficient (Wildman–Crippen LogP) is 4.25. The number of carbonyl (C=O) groups excluding carboxylic acids is 1. The van der Waals surface area contributed by atoms with Crippen molar-refractivity contribution in [3.05, 3.63) is 64.7 Å². The third kappa shape index (κ3) is 4.64. The van der Waals surface area contributed by atoms with Crippen LogP contribution in [0.1, 0.15) is 41.2 Å². The van der Waals surface area contributed by atoms with E-state index in [0.29, 0.717) is 24.7 Å². The minimum atomic E-state index is -0.434. The van der Waals surface area contributed by atoms with Gasteiger partial charge in [-0.3, -0.25) is 4.79 Å². The van der Waals surface area contributed by atoms with E-state index in [1.54, 1.807) is 31.4 Å². The van der Waals surface area contributed by atoms with Crippen molar-refractivity contribution in [2.24, 2.45) is 0 Å². The average molecular weight is 506 g/mol. The van der Waals surface area contributed by atoms with Crippen molar-refractivity contribution in [3.8, 4) is 39.9 Å². The van der Waals surface area contributed by atoms with Crippen LogP contribution in [0, 0.1) is 0 Å². The number of aryl methyl sites for hydroxylation is 1. The summed E-state index contributed by atoms with van der Waals surface area (Å²) in [6, 6.07) is 12.7. The number of hydrogen-bond acceptors (Lipinski definition) is 8. The van der Waals surface area contributed by atoms with Gasteiger partial charge in [-0.2, -0.15) is 0 Å². The van der Waals surface area contributed by atoms with E-state index in [2.05, 4.69) is 11.4 Å². The van der Waals surface area contributed by atoms with Crippen LogP contribution in [-0.2, 0) is 22.4 Å². The summed E-state index contributed by atoms with van der Waals surface area (Å²) >= 11 is 0. The number of likely N-dealkylation sites (N-methyl/N-ethyl adjacent to an activating group) is 1. The number of fused-ring (bicyclic) bond motifs is 5. The van der Waals surface area contributed by atoms with Crippen LogP contribution < -0.4 is 19.5 Å². The number of methoxy groups -OCH3 is 1.